The van der Waals surface area contributed by atoms with E-state index in [1.165, 1.54) is 5.56 Å². The summed E-state index contributed by atoms with van der Waals surface area (Å²) in [6.45, 7) is 8.53. The number of benzene rings is 1. The van der Waals surface area contributed by atoms with Gasteiger partial charge in [-0.3, -0.25) is 0 Å². The normalized spacial score (nSPS) is 11.2. The molecule has 0 aliphatic heterocycles. The highest BCUT2D eigenvalue weighted by atomic mass is 79.9. The first-order chi connectivity index (χ1) is 9.54. The fraction of sp³-hybridized carbons (Fsp3) is 0.467. The van der Waals surface area contributed by atoms with Crippen LogP contribution in [0.1, 0.15) is 24.4 Å². The van der Waals surface area contributed by atoms with Gasteiger partial charge in [0.25, 0.3) is 0 Å². The lowest BCUT2D eigenvalue weighted by atomic mass is 10.1. The molecule has 2 rings (SSSR count). The van der Waals surface area contributed by atoms with Crippen LogP contribution in [0.15, 0.2) is 22.7 Å². The SMILES string of the molecule is Cc1cc(Br)cc(-c2nnc(CCNCC(C)C)s2)c1. The highest BCUT2D eigenvalue weighted by Gasteiger charge is 2.08. The number of nitrogens with zero attached hydrogens (tertiary/aromatic N) is 2. The summed E-state index contributed by atoms with van der Waals surface area (Å²) < 4.78 is 1.09. The van der Waals surface area contributed by atoms with Crippen molar-refractivity contribution in [3.8, 4) is 10.6 Å². The molecular formula is C15H20BrN3S. The molecule has 0 radical (unpaired) electrons. The van der Waals surface area contributed by atoms with Crippen LogP contribution in [0, 0.1) is 12.8 Å². The smallest absolute Gasteiger partial charge is 0.147 e. The molecule has 0 atom stereocenters. The van der Waals surface area contributed by atoms with E-state index in [-0.39, 0.29) is 0 Å². The molecule has 20 heavy (non-hydrogen) atoms. The number of hydrogen-bond donors (Lipinski definition) is 1. The largest absolute Gasteiger partial charge is 0.316 e. The first-order valence-corrected chi connectivity index (χ1v) is 8.46. The van der Waals surface area contributed by atoms with Gasteiger partial charge in [0.2, 0.25) is 0 Å². The maximum absolute atomic E-state index is 4.30. The molecule has 0 amide bonds. The van der Waals surface area contributed by atoms with Crippen molar-refractivity contribution in [2.45, 2.75) is 27.2 Å². The van der Waals surface area contributed by atoms with Crippen LogP contribution in [0.3, 0.4) is 0 Å². The van der Waals surface area contributed by atoms with Gasteiger partial charge in [0, 0.05) is 23.0 Å². The van der Waals surface area contributed by atoms with Crippen molar-refractivity contribution >= 4 is 27.3 Å². The third kappa shape index (κ3) is 4.65. The van der Waals surface area contributed by atoms with Crippen LogP contribution in [0.2, 0.25) is 0 Å². The van der Waals surface area contributed by atoms with E-state index >= 15 is 0 Å². The Morgan fingerprint density at radius 3 is 2.75 bits per heavy atom. The summed E-state index contributed by atoms with van der Waals surface area (Å²) in [4.78, 5) is 0. The van der Waals surface area contributed by atoms with Crippen molar-refractivity contribution in [1.29, 1.82) is 0 Å². The molecule has 1 aromatic carbocycles. The summed E-state index contributed by atoms with van der Waals surface area (Å²) in [7, 11) is 0. The van der Waals surface area contributed by atoms with E-state index in [4.69, 9.17) is 0 Å². The van der Waals surface area contributed by atoms with E-state index in [0.29, 0.717) is 5.92 Å². The molecule has 0 aliphatic rings. The molecule has 3 nitrogen and oxygen atoms in total. The summed E-state index contributed by atoms with van der Waals surface area (Å²) in [5, 5.41) is 14.1. The lowest BCUT2D eigenvalue weighted by Gasteiger charge is -2.05. The number of aromatic nitrogens is 2. The van der Waals surface area contributed by atoms with E-state index < -0.39 is 0 Å². The zero-order valence-electron chi connectivity index (χ0n) is 12.1. The summed E-state index contributed by atoms with van der Waals surface area (Å²) in [5.74, 6) is 0.685. The van der Waals surface area contributed by atoms with Crippen LogP contribution in [0.5, 0.6) is 0 Å². The van der Waals surface area contributed by atoms with E-state index in [1.54, 1.807) is 11.3 Å². The van der Waals surface area contributed by atoms with Crippen molar-refractivity contribution < 1.29 is 0 Å². The number of nitrogens with one attached hydrogen (secondary N) is 1. The molecule has 1 aromatic heterocycles. The molecule has 0 spiro atoms. The topological polar surface area (TPSA) is 37.8 Å². The molecule has 1 heterocycles. The Kier molecular flexibility index (Phi) is 5.69. The minimum absolute atomic E-state index is 0.685. The van der Waals surface area contributed by atoms with Crippen molar-refractivity contribution in [3.05, 3.63) is 33.2 Å². The zero-order chi connectivity index (χ0) is 14.5. The predicted octanol–water partition coefficient (Wildman–Crippen LogP) is 4.06. The van der Waals surface area contributed by atoms with Crippen LogP contribution < -0.4 is 5.32 Å². The summed E-state index contributed by atoms with van der Waals surface area (Å²) >= 11 is 5.21. The fourth-order valence-electron chi connectivity index (χ4n) is 1.92. The highest BCUT2D eigenvalue weighted by Crippen LogP contribution is 2.27. The van der Waals surface area contributed by atoms with Gasteiger partial charge in [-0.1, -0.05) is 41.1 Å². The Hall–Kier alpha value is -0.780. The van der Waals surface area contributed by atoms with Gasteiger partial charge >= 0.3 is 0 Å². The second kappa shape index (κ2) is 7.29. The molecular weight excluding hydrogens is 334 g/mol. The molecule has 1 N–H and O–H groups in total. The van der Waals surface area contributed by atoms with Crippen LogP contribution in [-0.2, 0) is 6.42 Å². The van der Waals surface area contributed by atoms with Crippen molar-refractivity contribution in [2.24, 2.45) is 5.92 Å². The van der Waals surface area contributed by atoms with Crippen LogP contribution in [0.4, 0.5) is 0 Å². The van der Waals surface area contributed by atoms with Crippen LogP contribution in [-0.4, -0.2) is 23.3 Å². The quantitative estimate of drug-likeness (QED) is 0.795. The van der Waals surface area contributed by atoms with E-state index in [2.05, 4.69) is 70.4 Å². The summed E-state index contributed by atoms with van der Waals surface area (Å²) in [6, 6.07) is 6.33. The Bertz CT molecular complexity index is 546. The van der Waals surface area contributed by atoms with Crippen molar-refractivity contribution in [3.63, 3.8) is 0 Å². The summed E-state index contributed by atoms with van der Waals surface area (Å²) in [5.41, 5.74) is 2.36. The predicted molar refractivity (Wildman–Crippen MR) is 89.2 cm³/mol. The molecule has 0 saturated carbocycles. The average Bonchev–Trinajstić information content (AvgIpc) is 2.82. The Morgan fingerprint density at radius 1 is 1.25 bits per heavy atom. The maximum atomic E-state index is 4.30. The molecule has 0 unspecified atom stereocenters. The van der Waals surface area contributed by atoms with Crippen LogP contribution in [0.25, 0.3) is 10.6 Å². The molecule has 5 heteroatoms. The minimum Gasteiger partial charge on any atom is -0.316 e. The third-order valence-electron chi connectivity index (χ3n) is 2.82. The zero-order valence-corrected chi connectivity index (χ0v) is 14.5. The lowest BCUT2D eigenvalue weighted by Crippen LogP contribution is -2.22. The van der Waals surface area contributed by atoms with Gasteiger partial charge in [-0.05, 0) is 43.1 Å². The molecule has 2 aromatic rings. The van der Waals surface area contributed by atoms with Crippen LogP contribution >= 0.6 is 27.3 Å². The number of aryl methyl sites for hydroxylation is 1. The second-order valence-electron chi connectivity index (χ2n) is 5.37. The maximum Gasteiger partial charge on any atom is 0.147 e. The average molecular weight is 354 g/mol. The molecule has 0 aliphatic carbocycles. The molecule has 0 saturated heterocycles. The Balaban J connectivity index is 1.98. The Morgan fingerprint density at radius 2 is 2.05 bits per heavy atom. The molecule has 0 fully saturated rings. The van der Waals surface area contributed by atoms with Crippen molar-refractivity contribution in [1.82, 2.24) is 15.5 Å². The number of halogens is 1. The fourth-order valence-corrected chi connectivity index (χ4v) is 3.35. The van der Waals surface area contributed by atoms with E-state index in [0.717, 1.165) is 39.6 Å². The van der Waals surface area contributed by atoms with Gasteiger partial charge < -0.3 is 5.32 Å². The van der Waals surface area contributed by atoms with E-state index in [9.17, 15) is 0 Å². The third-order valence-corrected chi connectivity index (χ3v) is 4.31. The van der Waals surface area contributed by atoms with Gasteiger partial charge in [0.15, 0.2) is 0 Å². The van der Waals surface area contributed by atoms with Gasteiger partial charge in [-0.15, -0.1) is 10.2 Å². The van der Waals surface area contributed by atoms with Gasteiger partial charge in [-0.2, -0.15) is 0 Å². The first kappa shape index (κ1) is 15.6. The molecule has 0 bridgehead atoms. The van der Waals surface area contributed by atoms with Gasteiger partial charge in [-0.25, -0.2) is 0 Å². The standard InChI is InChI=1S/C15H20BrN3S/c1-10(2)9-17-5-4-14-18-19-15(20-14)12-6-11(3)7-13(16)8-12/h6-8,10,17H,4-5,9H2,1-3H3. The van der Waals surface area contributed by atoms with Gasteiger partial charge in [0.05, 0.1) is 0 Å². The number of rotatable bonds is 6. The van der Waals surface area contributed by atoms with E-state index in [1.807, 2.05) is 0 Å². The van der Waals surface area contributed by atoms with Gasteiger partial charge in [0.1, 0.15) is 10.0 Å². The minimum atomic E-state index is 0.685. The first-order valence-electron chi connectivity index (χ1n) is 6.85. The second-order valence-corrected chi connectivity index (χ2v) is 7.34. The van der Waals surface area contributed by atoms with Crippen molar-refractivity contribution in [2.75, 3.05) is 13.1 Å². The summed E-state index contributed by atoms with van der Waals surface area (Å²) in [6.07, 6.45) is 0.942. The highest BCUT2D eigenvalue weighted by molar-refractivity contribution is 9.10. The number of hydrogen-bond acceptors (Lipinski definition) is 4. The monoisotopic (exact) mass is 353 g/mol. The lowest BCUT2D eigenvalue weighted by molar-refractivity contribution is 0.553. The molecule has 108 valence electrons. The Labute approximate surface area is 133 Å².